The predicted octanol–water partition coefficient (Wildman–Crippen LogP) is 8.24. The van der Waals surface area contributed by atoms with Gasteiger partial charge in [0, 0.05) is 18.8 Å². The van der Waals surface area contributed by atoms with Gasteiger partial charge in [0.2, 0.25) is 0 Å². The Hall–Kier alpha value is -1.37. The van der Waals surface area contributed by atoms with Crippen LogP contribution in [-0.2, 0) is 4.74 Å². The molecule has 0 N–H and O–H groups in total. The van der Waals surface area contributed by atoms with E-state index in [9.17, 15) is 0 Å². The molecular formula is C36H46NOP. The molecule has 1 saturated heterocycles. The molecule has 3 heteroatoms. The Morgan fingerprint density at radius 1 is 0.590 bits per heavy atom. The molecule has 2 aromatic rings. The zero-order valence-electron chi connectivity index (χ0n) is 23.7. The molecule has 1 aliphatic heterocycles. The van der Waals surface area contributed by atoms with E-state index in [0.717, 1.165) is 61.8 Å². The van der Waals surface area contributed by atoms with Crippen LogP contribution in [0.15, 0.2) is 48.5 Å². The molecule has 0 radical (unpaired) electrons. The van der Waals surface area contributed by atoms with Crippen molar-refractivity contribution in [2.75, 3.05) is 31.2 Å². The third kappa shape index (κ3) is 3.94. The summed E-state index contributed by atoms with van der Waals surface area (Å²) in [7, 11) is -0.195. The van der Waals surface area contributed by atoms with Crippen molar-refractivity contribution in [2.24, 2.45) is 35.5 Å². The molecule has 0 atom stereocenters. The largest absolute Gasteiger partial charge is 0.378 e. The van der Waals surface area contributed by atoms with Gasteiger partial charge < -0.3 is 9.64 Å². The molecular weight excluding hydrogens is 493 g/mol. The first-order valence-corrected chi connectivity index (χ1v) is 17.8. The highest BCUT2D eigenvalue weighted by Crippen LogP contribution is 2.78. The minimum absolute atomic E-state index is 0.195. The van der Waals surface area contributed by atoms with Gasteiger partial charge in [-0.25, -0.2) is 0 Å². The smallest absolute Gasteiger partial charge is 0.0642 e. The van der Waals surface area contributed by atoms with Crippen LogP contribution in [0.1, 0.15) is 77.0 Å². The third-order valence-electron chi connectivity index (χ3n) is 12.7. The monoisotopic (exact) mass is 539 g/mol. The van der Waals surface area contributed by atoms with E-state index in [-0.39, 0.29) is 7.92 Å². The Morgan fingerprint density at radius 2 is 1.05 bits per heavy atom. The molecule has 0 unspecified atom stereocenters. The molecule has 9 aliphatic rings. The molecule has 2 aromatic carbocycles. The quantitative estimate of drug-likeness (QED) is 0.355. The van der Waals surface area contributed by atoms with Gasteiger partial charge in [0.1, 0.15) is 0 Å². The molecule has 11 rings (SSSR count). The fourth-order valence-corrected chi connectivity index (χ4v) is 17.6. The first-order valence-electron chi connectivity index (χ1n) is 16.5. The Morgan fingerprint density at radius 3 is 1.54 bits per heavy atom. The number of hydrogen-bond donors (Lipinski definition) is 0. The van der Waals surface area contributed by atoms with Crippen molar-refractivity contribution in [3.8, 4) is 11.1 Å². The summed E-state index contributed by atoms with van der Waals surface area (Å²) in [5.74, 6) is 6.22. The van der Waals surface area contributed by atoms with E-state index < -0.39 is 0 Å². The van der Waals surface area contributed by atoms with Crippen molar-refractivity contribution < 1.29 is 4.74 Å². The topological polar surface area (TPSA) is 12.5 Å². The summed E-state index contributed by atoms with van der Waals surface area (Å²) in [6.45, 7) is 3.73. The number of nitrogens with zero attached hydrogens (tertiary/aromatic N) is 1. The molecule has 9 fully saturated rings. The standard InChI is InChI=1S/C36H46NOP/c1-2-4-34(33(3-1)31-5-7-32(8-6-31)37-9-11-38-12-10-37)39(35-19-25-13-26(20-35)15-27(14-25)21-35)36-22-28-16-29(23-36)18-30(17-28)24-36/h1-8,25-30H,9-24H2. The molecule has 1 heterocycles. The van der Waals surface area contributed by atoms with Crippen molar-refractivity contribution >= 4 is 18.9 Å². The van der Waals surface area contributed by atoms with E-state index in [1.54, 1.807) is 82.6 Å². The van der Waals surface area contributed by atoms with Crippen LogP contribution in [0, 0.1) is 35.5 Å². The summed E-state index contributed by atoms with van der Waals surface area (Å²) in [6.07, 6.45) is 18.8. The van der Waals surface area contributed by atoms with Crippen molar-refractivity contribution in [2.45, 2.75) is 87.4 Å². The summed E-state index contributed by atoms with van der Waals surface area (Å²) < 4.78 is 5.62. The van der Waals surface area contributed by atoms with Crippen LogP contribution < -0.4 is 10.2 Å². The van der Waals surface area contributed by atoms with Crippen LogP contribution in [0.5, 0.6) is 0 Å². The molecule has 8 bridgehead atoms. The first kappa shape index (κ1) is 24.2. The Bertz CT molecular complexity index is 1110. The maximum atomic E-state index is 5.62. The van der Waals surface area contributed by atoms with Gasteiger partial charge >= 0.3 is 0 Å². The second-order valence-corrected chi connectivity index (χ2v) is 18.3. The van der Waals surface area contributed by atoms with Gasteiger partial charge in [0.15, 0.2) is 0 Å². The number of rotatable bonds is 5. The summed E-state index contributed by atoms with van der Waals surface area (Å²) in [6, 6.07) is 19.6. The zero-order chi connectivity index (χ0) is 25.6. The number of benzene rings is 2. The predicted molar refractivity (Wildman–Crippen MR) is 163 cm³/mol. The van der Waals surface area contributed by atoms with E-state index in [2.05, 4.69) is 53.4 Å². The zero-order valence-corrected chi connectivity index (χ0v) is 24.6. The van der Waals surface area contributed by atoms with Crippen LogP contribution in [0.4, 0.5) is 5.69 Å². The van der Waals surface area contributed by atoms with Crippen LogP contribution in [0.2, 0.25) is 0 Å². The van der Waals surface area contributed by atoms with Crippen LogP contribution in [0.3, 0.4) is 0 Å². The van der Waals surface area contributed by atoms with Crippen LogP contribution in [-0.4, -0.2) is 36.6 Å². The molecule has 0 amide bonds. The lowest BCUT2D eigenvalue weighted by atomic mass is 9.55. The average molecular weight is 540 g/mol. The third-order valence-corrected chi connectivity index (χ3v) is 16.5. The van der Waals surface area contributed by atoms with Gasteiger partial charge in [-0.1, -0.05) is 44.3 Å². The normalized spacial score (nSPS) is 42.7. The summed E-state index contributed by atoms with van der Waals surface area (Å²) in [5, 5.41) is 3.06. The van der Waals surface area contributed by atoms with E-state index in [0.29, 0.717) is 10.3 Å². The lowest BCUT2D eigenvalue weighted by molar-refractivity contribution is 0.0195. The maximum absolute atomic E-state index is 5.62. The SMILES string of the molecule is c1ccc(P(C23CC4CC(CC(C4)C2)C3)C23CC4CC(CC(C4)C2)C3)c(-c2ccc(N3CCOCC3)cc2)c1. The van der Waals surface area contributed by atoms with E-state index in [1.165, 1.54) is 11.3 Å². The molecule has 2 nitrogen and oxygen atoms in total. The van der Waals surface area contributed by atoms with E-state index in [1.807, 2.05) is 5.30 Å². The summed E-state index contributed by atoms with van der Waals surface area (Å²) in [4.78, 5) is 2.50. The minimum Gasteiger partial charge on any atom is -0.378 e. The van der Waals surface area contributed by atoms with Gasteiger partial charge in [0.05, 0.1) is 13.2 Å². The van der Waals surface area contributed by atoms with Crippen molar-refractivity contribution in [3.63, 3.8) is 0 Å². The van der Waals surface area contributed by atoms with E-state index in [4.69, 9.17) is 4.74 Å². The first-order chi connectivity index (χ1) is 19.1. The highest BCUT2D eigenvalue weighted by atomic mass is 31.1. The van der Waals surface area contributed by atoms with Crippen LogP contribution in [0.25, 0.3) is 11.1 Å². The number of hydrogen-bond acceptors (Lipinski definition) is 2. The molecule has 0 spiro atoms. The molecule has 206 valence electrons. The van der Waals surface area contributed by atoms with Crippen molar-refractivity contribution in [3.05, 3.63) is 48.5 Å². The second kappa shape index (κ2) is 9.06. The van der Waals surface area contributed by atoms with Gasteiger partial charge in [-0.2, -0.15) is 0 Å². The maximum Gasteiger partial charge on any atom is 0.0642 e. The number of anilines is 1. The Labute approximate surface area is 237 Å². The second-order valence-electron chi connectivity index (χ2n) is 15.3. The molecule has 0 aromatic heterocycles. The average Bonchev–Trinajstić information content (AvgIpc) is 2.92. The van der Waals surface area contributed by atoms with Gasteiger partial charge in [-0.3, -0.25) is 0 Å². The van der Waals surface area contributed by atoms with Gasteiger partial charge in [-0.05, 0) is 151 Å². The Kier molecular flexibility index (Phi) is 5.64. The van der Waals surface area contributed by atoms with Gasteiger partial charge in [-0.15, -0.1) is 0 Å². The van der Waals surface area contributed by atoms with Gasteiger partial charge in [0.25, 0.3) is 0 Å². The fourth-order valence-electron chi connectivity index (χ4n) is 12.3. The number of morpholine rings is 1. The van der Waals surface area contributed by atoms with Crippen molar-refractivity contribution in [1.82, 2.24) is 0 Å². The summed E-state index contributed by atoms with van der Waals surface area (Å²) >= 11 is 0. The van der Waals surface area contributed by atoms with Crippen molar-refractivity contribution in [1.29, 1.82) is 0 Å². The Balaban J connectivity index is 1.16. The van der Waals surface area contributed by atoms with Crippen LogP contribution >= 0.6 is 7.92 Å². The molecule has 8 aliphatic carbocycles. The highest BCUT2D eigenvalue weighted by molar-refractivity contribution is 7.69. The fraction of sp³-hybridized carbons (Fsp3) is 0.667. The number of ether oxygens (including phenoxy) is 1. The summed E-state index contributed by atoms with van der Waals surface area (Å²) in [5.41, 5.74) is 4.41. The molecule has 8 saturated carbocycles. The molecule has 39 heavy (non-hydrogen) atoms. The highest BCUT2D eigenvalue weighted by Gasteiger charge is 2.63. The van der Waals surface area contributed by atoms with E-state index >= 15 is 0 Å². The lowest BCUT2D eigenvalue weighted by Crippen LogP contribution is -2.58. The minimum atomic E-state index is -0.195. The lowest BCUT2D eigenvalue weighted by Gasteiger charge is -2.67.